The molecule has 0 unspecified atom stereocenters. The number of nitro benzene ring substituents is 1. The highest BCUT2D eigenvalue weighted by Crippen LogP contribution is 2.19. The standard InChI is InChI=1S/C15H18N4O4S/c1-2-3-4-5-14-17-18-15(24-14)16-13(20)10-23-12-8-6-11(7-9-12)19(21)22/h6-9H,2-5,10H2,1H3,(H,16,18,20). The van der Waals surface area contributed by atoms with Gasteiger partial charge in [0.05, 0.1) is 4.92 Å². The van der Waals surface area contributed by atoms with Crippen LogP contribution in [-0.4, -0.2) is 27.6 Å². The maximum atomic E-state index is 11.8. The maximum absolute atomic E-state index is 11.8. The number of benzene rings is 1. The molecule has 8 nitrogen and oxygen atoms in total. The molecule has 0 radical (unpaired) electrons. The van der Waals surface area contributed by atoms with Crippen molar-refractivity contribution in [2.75, 3.05) is 11.9 Å². The first-order valence-corrected chi connectivity index (χ1v) is 8.39. The number of non-ortho nitro benzene ring substituents is 1. The van der Waals surface area contributed by atoms with Crippen LogP contribution in [0.3, 0.4) is 0 Å². The quantitative estimate of drug-likeness (QED) is 0.423. The van der Waals surface area contributed by atoms with E-state index in [9.17, 15) is 14.9 Å². The Bertz CT molecular complexity index is 687. The lowest BCUT2D eigenvalue weighted by Crippen LogP contribution is -2.20. The molecule has 1 aromatic heterocycles. The minimum atomic E-state index is -0.496. The second kappa shape index (κ2) is 8.92. The van der Waals surface area contributed by atoms with Crippen molar-refractivity contribution in [2.45, 2.75) is 32.6 Å². The molecule has 128 valence electrons. The number of carbonyl (C=O) groups excluding carboxylic acids is 1. The van der Waals surface area contributed by atoms with E-state index in [0.717, 1.165) is 30.7 Å². The van der Waals surface area contributed by atoms with Crippen LogP contribution < -0.4 is 10.1 Å². The van der Waals surface area contributed by atoms with Crippen molar-refractivity contribution in [1.82, 2.24) is 10.2 Å². The summed E-state index contributed by atoms with van der Waals surface area (Å²) in [6, 6.07) is 5.53. The van der Waals surface area contributed by atoms with Crippen LogP contribution in [0.5, 0.6) is 5.75 Å². The molecule has 0 atom stereocenters. The molecule has 24 heavy (non-hydrogen) atoms. The van der Waals surface area contributed by atoms with Crippen molar-refractivity contribution in [3.8, 4) is 5.75 Å². The monoisotopic (exact) mass is 350 g/mol. The zero-order valence-corrected chi connectivity index (χ0v) is 14.0. The number of carbonyl (C=O) groups is 1. The minimum Gasteiger partial charge on any atom is -0.484 e. The molecule has 2 aromatic rings. The van der Waals surface area contributed by atoms with E-state index in [2.05, 4.69) is 22.4 Å². The number of hydrogen-bond acceptors (Lipinski definition) is 7. The molecule has 0 saturated heterocycles. The van der Waals surface area contributed by atoms with Crippen molar-refractivity contribution in [3.63, 3.8) is 0 Å². The number of aryl methyl sites for hydroxylation is 1. The van der Waals surface area contributed by atoms with Gasteiger partial charge in [0.15, 0.2) is 6.61 Å². The van der Waals surface area contributed by atoms with Crippen LogP contribution >= 0.6 is 11.3 Å². The van der Waals surface area contributed by atoms with E-state index < -0.39 is 4.92 Å². The molecule has 0 aliphatic rings. The first kappa shape index (κ1) is 17.8. The first-order chi connectivity index (χ1) is 11.6. The number of ether oxygens (including phenoxy) is 1. The fourth-order valence-corrected chi connectivity index (χ4v) is 2.70. The molecule has 1 N–H and O–H groups in total. The number of anilines is 1. The van der Waals surface area contributed by atoms with Crippen molar-refractivity contribution in [2.24, 2.45) is 0 Å². The van der Waals surface area contributed by atoms with Gasteiger partial charge in [0, 0.05) is 18.6 Å². The SMILES string of the molecule is CCCCCc1nnc(NC(=O)COc2ccc([N+](=O)[O-])cc2)s1. The molecule has 0 spiro atoms. The van der Waals surface area contributed by atoms with Crippen LogP contribution in [-0.2, 0) is 11.2 Å². The second-order valence-corrected chi connectivity index (χ2v) is 6.11. The highest BCUT2D eigenvalue weighted by Gasteiger charge is 2.10. The van der Waals surface area contributed by atoms with Crippen LogP contribution in [0.2, 0.25) is 0 Å². The molecular weight excluding hydrogens is 332 g/mol. The Kier molecular flexibility index (Phi) is 6.62. The summed E-state index contributed by atoms with van der Waals surface area (Å²) in [4.78, 5) is 21.9. The number of unbranched alkanes of at least 4 members (excludes halogenated alkanes) is 2. The molecule has 0 bridgehead atoms. The van der Waals surface area contributed by atoms with Gasteiger partial charge < -0.3 is 4.74 Å². The third-order valence-corrected chi connectivity index (χ3v) is 4.02. The Labute approximate surface area is 143 Å². The lowest BCUT2D eigenvalue weighted by Gasteiger charge is -2.05. The summed E-state index contributed by atoms with van der Waals surface area (Å²) in [6.45, 7) is 1.93. The third kappa shape index (κ3) is 5.58. The third-order valence-electron chi connectivity index (χ3n) is 3.12. The van der Waals surface area contributed by atoms with Crippen molar-refractivity contribution in [3.05, 3.63) is 39.4 Å². The molecule has 0 aliphatic carbocycles. The fourth-order valence-electron chi connectivity index (χ4n) is 1.90. The molecule has 0 saturated carbocycles. The van der Waals surface area contributed by atoms with E-state index >= 15 is 0 Å². The zero-order chi connectivity index (χ0) is 17.4. The van der Waals surface area contributed by atoms with Gasteiger partial charge in [-0.1, -0.05) is 31.1 Å². The van der Waals surface area contributed by atoms with Gasteiger partial charge in [-0.3, -0.25) is 20.2 Å². The van der Waals surface area contributed by atoms with Gasteiger partial charge in [0.1, 0.15) is 10.8 Å². The van der Waals surface area contributed by atoms with Crippen LogP contribution in [0, 0.1) is 10.1 Å². The van der Waals surface area contributed by atoms with Crippen LogP contribution in [0.4, 0.5) is 10.8 Å². The van der Waals surface area contributed by atoms with Crippen LogP contribution in [0.1, 0.15) is 31.2 Å². The highest BCUT2D eigenvalue weighted by molar-refractivity contribution is 7.15. The molecule has 9 heteroatoms. The average molecular weight is 350 g/mol. The predicted molar refractivity (Wildman–Crippen MR) is 90.4 cm³/mol. The van der Waals surface area contributed by atoms with E-state index in [1.807, 2.05) is 0 Å². The summed E-state index contributed by atoms with van der Waals surface area (Å²) in [6.07, 6.45) is 4.20. The average Bonchev–Trinajstić information content (AvgIpc) is 3.01. The molecular formula is C15H18N4O4S. The molecule has 0 fully saturated rings. The number of hydrogen-bond donors (Lipinski definition) is 1. The van der Waals surface area contributed by atoms with Crippen molar-refractivity contribution >= 4 is 28.1 Å². The summed E-state index contributed by atoms with van der Waals surface area (Å²) in [7, 11) is 0. The van der Waals surface area contributed by atoms with Gasteiger partial charge in [-0.15, -0.1) is 10.2 Å². The zero-order valence-electron chi connectivity index (χ0n) is 13.2. The molecule has 1 amide bonds. The molecule has 1 aromatic carbocycles. The largest absolute Gasteiger partial charge is 0.484 e. The summed E-state index contributed by atoms with van der Waals surface area (Å²) >= 11 is 1.35. The topological polar surface area (TPSA) is 107 Å². The number of nitrogens with one attached hydrogen (secondary N) is 1. The number of nitro groups is 1. The molecule has 0 aliphatic heterocycles. The number of rotatable bonds is 9. The Balaban J connectivity index is 1.77. The fraction of sp³-hybridized carbons (Fsp3) is 0.400. The van der Waals surface area contributed by atoms with E-state index in [4.69, 9.17) is 4.74 Å². The summed E-state index contributed by atoms with van der Waals surface area (Å²) in [5.41, 5.74) is -0.0312. The normalized spacial score (nSPS) is 10.4. The lowest BCUT2D eigenvalue weighted by atomic mass is 10.2. The smallest absolute Gasteiger partial charge is 0.269 e. The molecule has 2 rings (SSSR count). The highest BCUT2D eigenvalue weighted by atomic mass is 32.1. The lowest BCUT2D eigenvalue weighted by molar-refractivity contribution is -0.384. The van der Waals surface area contributed by atoms with E-state index in [1.54, 1.807) is 0 Å². The number of aromatic nitrogens is 2. The Hall–Kier alpha value is -2.55. The minimum absolute atomic E-state index is 0.0312. The van der Waals surface area contributed by atoms with Crippen LogP contribution in [0.25, 0.3) is 0 Å². The van der Waals surface area contributed by atoms with E-state index in [0.29, 0.717) is 10.9 Å². The molecule has 1 heterocycles. The summed E-state index contributed by atoms with van der Waals surface area (Å²) in [5, 5.41) is 22.5. The van der Waals surface area contributed by atoms with Crippen molar-refractivity contribution < 1.29 is 14.5 Å². The Morgan fingerprint density at radius 2 is 2.04 bits per heavy atom. The van der Waals surface area contributed by atoms with Gasteiger partial charge in [-0.2, -0.15) is 0 Å². The predicted octanol–water partition coefficient (Wildman–Crippen LogP) is 3.20. The van der Waals surface area contributed by atoms with E-state index in [-0.39, 0.29) is 18.2 Å². The summed E-state index contributed by atoms with van der Waals surface area (Å²) < 4.78 is 5.28. The van der Waals surface area contributed by atoms with Crippen molar-refractivity contribution in [1.29, 1.82) is 0 Å². The first-order valence-electron chi connectivity index (χ1n) is 7.58. The Morgan fingerprint density at radius 1 is 1.29 bits per heavy atom. The second-order valence-electron chi connectivity index (χ2n) is 5.05. The summed E-state index contributed by atoms with van der Waals surface area (Å²) in [5.74, 6) is 0.0258. The van der Waals surface area contributed by atoms with E-state index in [1.165, 1.54) is 35.6 Å². The van der Waals surface area contributed by atoms with Gasteiger partial charge >= 0.3 is 0 Å². The maximum Gasteiger partial charge on any atom is 0.269 e. The number of nitrogens with zero attached hydrogens (tertiary/aromatic N) is 3. The number of amides is 1. The van der Waals surface area contributed by atoms with Gasteiger partial charge in [0.25, 0.3) is 11.6 Å². The Morgan fingerprint density at radius 3 is 2.71 bits per heavy atom. The van der Waals surface area contributed by atoms with Crippen LogP contribution in [0.15, 0.2) is 24.3 Å². The van der Waals surface area contributed by atoms with Gasteiger partial charge in [0.2, 0.25) is 5.13 Å². The van der Waals surface area contributed by atoms with Gasteiger partial charge in [-0.05, 0) is 18.6 Å². The van der Waals surface area contributed by atoms with Gasteiger partial charge in [-0.25, -0.2) is 0 Å².